The van der Waals surface area contributed by atoms with E-state index < -0.39 is 10.1 Å². The van der Waals surface area contributed by atoms with Crippen molar-refractivity contribution in [2.75, 3.05) is 26.1 Å². The van der Waals surface area contributed by atoms with Crippen molar-refractivity contribution < 1.29 is 27.0 Å². The molecule has 0 bridgehead atoms. The van der Waals surface area contributed by atoms with Crippen molar-refractivity contribution in [3.8, 4) is 0 Å². The van der Waals surface area contributed by atoms with Gasteiger partial charge in [0.25, 0.3) is 15.9 Å². The minimum Gasteiger partial charge on any atom is -0.381 e. The zero-order valence-electron chi connectivity index (χ0n) is 13.4. The minimum atomic E-state index is -3.91. The van der Waals surface area contributed by atoms with Gasteiger partial charge in [0.15, 0.2) is 0 Å². The summed E-state index contributed by atoms with van der Waals surface area (Å²) in [7, 11) is -2.26. The van der Waals surface area contributed by atoms with Crippen molar-refractivity contribution >= 4 is 10.1 Å². The van der Waals surface area contributed by atoms with Crippen LogP contribution in [0.1, 0.15) is 32.0 Å². The second-order valence-corrected chi connectivity index (χ2v) is 6.71. The molecule has 0 spiro atoms. The average molecular weight is 335 g/mol. The lowest BCUT2D eigenvalue weighted by Crippen LogP contribution is -2.38. The molecule has 0 aliphatic rings. The van der Waals surface area contributed by atoms with Crippen LogP contribution in [-0.4, -0.2) is 43.6 Å². The molecule has 1 rings (SSSR count). The molecule has 0 aromatic carbocycles. The molecule has 0 aliphatic carbocycles. The van der Waals surface area contributed by atoms with Crippen molar-refractivity contribution in [3.05, 3.63) is 18.2 Å². The van der Waals surface area contributed by atoms with Gasteiger partial charge in [0.1, 0.15) is 25.5 Å². The van der Waals surface area contributed by atoms with Crippen molar-refractivity contribution in [1.82, 2.24) is 4.57 Å². The van der Waals surface area contributed by atoms with Crippen molar-refractivity contribution in [1.29, 1.82) is 0 Å². The number of rotatable bonds is 12. The van der Waals surface area contributed by atoms with Crippen LogP contribution >= 0.6 is 0 Å². The molecule has 1 heterocycles. The number of ether oxygens (including phenoxy) is 2. The van der Waals surface area contributed by atoms with Crippen molar-refractivity contribution in [2.45, 2.75) is 45.9 Å². The van der Waals surface area contributed by atoms with E-state index in [0.29, 0.717) is 39.3 Å². The van der Waals surface area contributed by atoms with E-state index in [0.717, 1.165) is 18.7 Å². The van der Waals surface area contributed by atoms with Gasteiger partial charge in [0.2, 0.25) is 0 Å². The van der Waals surface area contributed by atoms with E-state index in [1.54, 1.807) is 7.11 Å². The summed E-state index contributed by atoms with van der Waals surface area (Å²) in [5.74, 6) is 0.739. The van der Waals surface area contributed by atoms with Gasteiger partial charge < -0.3 is 9.47 Å². The summed E-state index contributed by atoms with van der Waals surface area (Å²) in [6, 6.07) is 0. The molecule has 22 heavy (non-hydrogen) atoms. The molecule has 1 aromatic rings. The van der Waals surface area contributed by atoms with E-state index in [1.165, 1.54) is 0 Å². The summed E-state index contributed by atoms with van der Waals surface area (Å²) in [5.41, 5.74) is 0. The lowest BCUT2D eigenvalue weighted by Gasteiger charge is -2.06. The molecular weight excluding hydrogens is 308 g/mol. The molecule has 0 amide bonds. The number of aryl methyl sites for hydroxylation is 1. The first-order valence-corrected chi connectivity index (χ1v) is 9.18. The predicted molar refractivity (Wildman–Crippen MR) is 82.1 cm³/mol. The molecule has 0 saturated heterocycles. The normalized spacial score (nSPS) is 12.0. The molecule has 8 heteroatoms. The second kappa shape index (κ2) is 9.94. The van der Waals surface area contributed by atoms with Crippen LogP contribution in [0.15, 0.2) is 12.4 Å². The topological polar surface area (TPSA) is 81.6 Å². The molecule has 1 aromatic heterocycles. The summed E-state index contributed by atoms with van der Waals surface area (Å²) < 4.78 is 45.2. The maximum absolute atomic E-state index is 10.8. The highest BCUT2D eigenvalue weighted by Gasteiger charge is 2.17. The quantitative estimate of drug-likeness (QED) is 0.350. The number of unbranched alkanes of at least 4 members (excludes halogenated alkanes) is 1. The summed E-state index contributed by atoms with van der Waals surface area (Å²) in [5, 5.41) is 0. The predicted octanol–water partition coefficient (Wildman–Crippen LogP) is 1.02. The van der Waals surface area contributed by atoms with Crippen LogP contribution in [0.2, 0.25) is 0 Å². The fraction of sp³-hybridized carbons (Fsp3) is 0.786. The Balaban J connectivity index is 2.66. The van der Waals surface area contributed by atoms with Crippen LogP contribution in [0.3, 0.4) is 0 Å². The maximum atomic E-state index is 10.8. The zero-order chi connectivity index (χ0) is 16.4. The Kier molecular flexibility index (Phi) is 8.62. The zero-order valence-corrected chi connectivity index (χ0v) is 14.2. The summed E-state index contributed by atoms with van der Waals surface area (Å²) in [4.78, 5) is 0. The van der Waals surface area contributed by atoms with E-state index >= 15 is 0 Å². The number of hydrogen-bond acceptors (Lipinski definition) is 4. The molecule has 0 atom stereocenters. The van der Waals surface area contributed by atoms with E-state index in [9.17, 15) is 8.42 Å². The molecular formula is C14H27N2O5S+. The molecule has 0 saturated carbocycles. The standard InChI is InChI=1S/C14H26N2O5S/c1-3-4-10-21-13-14-15(6-5-12-22(17,18)19)7-8-16(14)9-11-20-2/h7-8H,3-6,9-13H2,1-2H3/p+1. The summed E-state index contributed by atoms with van der Waals surface area (Å²) in [6.07, 6.45) is 6.30. The lowest BCUT2D eigenvalue weighted by molar-refractivity contribution is -0.705. The third-order valence-corrected chi connectivity index (χ3v) is 4.11. The first kappa shape index (κ1) is 19.1. The van der Waals surface area contributed by atoms with E-state index in [1.807, 2.05) is 21.5 Å². The van der Waals surface area contributed by atoms with Gasteiger partial charge in [-0.1, -0.05) is 13.3 Å². The molecule has 0 unspecified atom stereocenters. The van der Waals surface area contributed by atoms with Crippen LogP contribution in [-0.2, 0) is 39.3 Å². The highest BCUT2D eigenvalue weighted by Crippen LogP contribution is 2.01. The monoisotopic (exact) mass is 335 g/mol. The van der Waals surface area contributed by atoms with Crippen LogP contribution < -0.4 is 4.57 Å². The van der Waals surface area contributed by atoms with Crippen LogP contribution in [0.5, 0.6) is 0 Å². The van der Waals surface area contributed by atoms with Gasteiger partial charge in [-0.05, 0) is 6.42 Å². The van der Waals surface area contributed by atoms with Gasteiger partial charge in [-0.25, -0.2) is 9.13 Å². The first-order chi connectivity index (χ1) is 10.5. The summed E-state index contributed by atoms with van der Waals surface area (Å²) in [6.45, 7) is 5.13. The first-order valence-electron chi connectivity index (χ1n) is 7.57. The van der Waals surface area contributed by atoms with Crippen molar-refractivity contribution in [2.24, 2.45) is 0 Å². The van der Waals surface area contributed by atoms with E-state index in [-0.39, 0.29) is 5.75 Å². The minimum absolute atomic E-state index is 0.237. The van der Waals surface area contributed by atoms with Crippen molar-refractivity contribution in [3.63, 3.8) is 0 Å². The Bertz CT molecular complexity index is 527. The molecule has 0 radical (unpaired) electrons. The summed E-state index contributed by atoms with van der Waals surface area (Å²) >= 11 is 0. The van der Waals surface area contributed by atoms with Gasteiger partial charge in [-0.3, -0.25) is 4.55 Å². The van der Waals surface area contributed by atoms with Gasteiger partial charge in [0, 0.05) is 20.1 Å². The second-order valence-electron chi connectivity index (χ2n) is 5.14. The fourth-order valence-electron chi connectivity index (χ4n) is 2.09. The van der Waals surface area contributed by atoms with Gasteiger partial charge in [-0.15, -0.1) is 0 Å². The Morgan fingerprint density at radius 2 is 2.09 bits per heavy atom. The SMILES string of the molecule is CCCCOCc1n(CCOC)cc[n+]1CCCS(=O)(=O)O. The Hall–Kier alpha value is -0.960. The number of hydrogen-bond donors (Lipinski definition) is 1. The molecule has 1 N–H and O–H groups in total. The number of methoxy groups -OCH3 is 1. The Labute approximate surface area is 132 Å². The third-order valence-electron chi connectivity index (χ3n) is 3.30. The van der Waals surface area contributed by atoms with Gasteiger partial charge >= 0.3 is 0 Å². The molecule has 128 valence electrons. The van der Waals surface area contributed by atoms with Gasteiger partial charge in [-0.2, -0.15) is 8.42 Å². The Morgan fingerprint density at radius 1 is 1.32 bits per heavy atom. The van der Waals surface area contributed by atoms with Crippen LogP contribution in [0, 0.1) is 0 Å². The van der Waals surface area contributed by atoms with E-state index in [4.69, 9.17) is 14.0 Å². The lowest BCUT2D eigenvalue weighted by atomic mass is 10.4. The molecule has 7 nitrogen and oxygen atoms in total. The van der Waals surface area contributed by atoms with Gasteiger partial charge in [0.05, 0.1) is 18.9 Å². The maximum Gasteiger partial charge on any atom is 0.282 e. The molecule has 0 fully saturated rings. The number of nitrogens with zero attached hydrogens (tertiary/aromatic N) is 2. The number of imidazole rings is 1. The van der Waals surface area contributed by atoms with Crippen LogP contribution in [0.25, 0.3) is 0 Å². The molecule has 0 aliphatic heterocycles. The number of aromatic nitrogens is 2. The van der Waals surface area contributed by atoms with E-state index in [2.05, 4.69) is 6.92 Å². The highest BCUT2D eigenvalue weighted by molar-refractivity contribution is 7.85. The largest absolute Gasteiger partial charge is 0.381 e. The smallest absolute Gasteiger partial charge is 0.282 e. The fourth-order valence-corrected chi connectivity index (χ4v) is 2.58. The average Bonchev–Trinajstić information content (AvgIpc) is 2.82. The Morgan fingerprint density at radius 3 is 2.73 bits per heavy atom. The van der Waals surface area contributed by atoms with Crippen LogP contribution in [0.4, 0.5) is 0 Å². The third kappa shape index (κ3) is 7.35. The highest BCUT2D eigenvalue weighted by atomic mass is 32.2.